The number of halogens is 1. The summed E-state index contributed by atoms with van der Waals surface area (Å²) in [5, 5.41) is 0. The van der Waals surface area contributed by atoms with E-state index in [-0.39, 0.29) is 5.54 Å². The smallest absolute Gasteiger partial charge is 0.230 e. The molecule has 2 nitrogen and oxygen atoms in total. The molecule has 0 aliphatic carbocycles. The van der Waals surface area contributed by atoms with Crippen molar-refractivity contribution in [3.63, 3.8) is 0 Å². The van der Waals surface area contributed by atoms with Crippen molar-refractivity contribution >= 4 is 0 Å². The molecule has 1 aromatic rings. The molecule has 0 unspecified atom stereocenters. The molecule has 0 radical (unpaired) electrons. The first-order chi connectivity index (χ1) is 4.50. The molecule has 0 saturated carbocycles. The van der Waals surface area contributed by atoms with E-state index in [9.17, 15) is 4.39 Å². The number of hydrogen-bond acceptors (Lipinski definition) is 1. The van der Waals surface area contributed by atoms with Crippen LogP contribution < -0.4 is 0 Å². The van der Waals surface area contributed by atoms with Crippen LogP contribution in [0.4, 0.5) is 4.39 Å². The van der Waals surface area contributed by atoms with Gasteiger partial charge in [0.15, 0.2) is 0 Å². The van der Waals surface area contributed by atoms with Gasteiger partial charge in [-0.3, -0.25) is 0 Å². The summed E-state index contributed by atoms with van der Waals surface area (Å²) in [6.07, 6.45) is 2.88. The summed E-state index contributed by atoms with van der Waals surface area (Å²) in [6, 6.07) is 0. The fourth-order valence-corrected chi connectivity index (χ4v) is 0.666. The molecule has 0 aliphatic rings. The lowest BCUT2D eigenvalue weighted by Gasteiger charge is -2.19. The monoisotopic (exact) mass is 142 g/mol. The van der Waals surface area contributed by atoms with Crippen molar-refractivity contribution in [2.75, 3.05) is 0 Å². The standard InChI is InChI=1S/C7H11FN2/c1-7(2,3)10-4-6(8)9-5-10/h4-5H,1-3H3. The zero-order valence-corrected chi connectivity index (χ0v) is 6.43. The molecule has 0 aromatic carbocycles. The van der Waals surface area contributed by atoms with Gasteiger partial charge in [0.25, 0.3) is 0 Å². The molecule has 56 valence electrons. The Labute approximate surface area is 59.7 Å². The van der Waals surface area contributed by atoms with E-state index in [4.69, 9.17) is 0 Å². The zero-order chi connectivity index (χ0) is 7.78. The lowest BCUT2D eigenvalue weighted by molar-refractivity contribution is 0.394. The summed E-state index contributed by atoms with van der Waals surface area (Å²) in [4.78, 5) is 3.48. The predicted octanol–water partition coefficient (Wildman–Crippen LogP) is 1.78. The van der Waals surface area contributed by atoms with Crippen LogP contribution in [0.3, 0.4) is 0 Å². The normalized spacial score (nSPS) is 12.0. The van der Waals surface area contributed by atoms with Gasteiger partial charge < -0.3 is 4.57 Å². The van der Waals surface area contributed by atoms with E-state index in [1.54, 1.807) is 4.57 Å². The minimum absolute atomic E-state index is 0.0721. The highest BCUT2D eigenvalue weighted by molar-refractivity contribution is 4.85. The van der Waals surface area contributed by atoms with Crippen molar-refractivity contribution in [1.82, 2.24) is 9.55 Å². The van der Waals surface area contributed by atoms with Crippen LogP contribution in [0.15, 0.2) is 12.5 Å². The Morgan fingerprint density at radius 1 is 1.50 bits per heavy atom. The Kier molecular flexibility index (Phi) is 1.50. The van der Waals surface area contributed by atoms with Gasteiger partial charge in [-0.05, 0) is 20.8 Å². The van der Waals surface area contributed by atoms with E-state index in [0.29, 0.717) is 0 Å². The van der Waals surface area contributed by atoms with Gasteiger partial charge in [0.2, 0.25) is 5.95 Å². The van der Waals surface area contributed by atoms with Crippen LogP contribution in [0.1, 0.15) is 20.8 Å². The van der Waals surface area contributed by atoms with Gasteiger partial charge in [-0.2, -0.15) is 4.39 Å². The van der Waals surface area contributed by atoms with Gasteiger partial charge in [0.05, 0.1) is 12.5 Å². The van der Waals surface area contributed by atoms with Gasteiger partial charge in [0.1, 0.15) is 0 Å². The van der Waals surface area contributed by atoms with Gasteiger partial charge in [-0.15, -0.1) is 0 Å². The molecule has 3 heteroatoms. The van der Waals surface area contributed by atoms with Crippen LogP contribution in [0, 0.1) is 5.95 Å². The fraction of sp³-hybridized carbons (Fsp3) is 0.571. The average Bonchev–Trinajstić information content (AvgIpc) is 2.11. The van der Waals surface area contributed by atoms with Crippen molar-refractivity contribution in [3.8, 4) is 0 Å². The van der Waals surface area contributed by atoms with E-state index in [1.807, 2.05) is 20.8 Å². The Morgan fingerprint density at radius 3 is 2.30 bits per heavy atom. The highest BCUT2D eigenvalue weighted by Gasteiger charge is 2.12. The van der Waals surface area contributed by atoms with Crippen LogP contribution in [-0.4, -0.2) is 9.55 Å². The first-order valence-electron chi connectivity index (χ1n) is 3.20. The van der Waals surface area contributed by atoms with E-state index in [0.717, 1.165) is 0 Å². The van der Waals surface area contributed by atoms with Crippen LogP contribution in [0.2, 0.25) is 0 Å². The Balaban J connectivity index is 2.96. The minimum Gasteiger partial charge on any atom is -0.329 e. The van der Waals surface area contributed by atoms with E-state index < -0.39 is 5.95 Å². The summed E-state index contributed by atoms with van der Waals surface area (Å²) < 4.78 is 14.1. The van der Waals surface area contributed by atoms with E-state index in [1.165, 1.54) is 12.5 Å². The molecule has 0 spiro atoms. The first kappa shape index (κ1) is 7.25. The highest BCUT2D eigenvalue weighted by atomic mass is 19.1. The molecular weight excluding hydrogens is 131 g/mol. The van der Waals surface area contributed by atoms with Crippen molar-refractivity contribution in [2.45, 2.75) is 26.3 Å². The molecule has 0 amide bonds. The molecule has 10 heavy (non-hydrogen) atoms. The van der Waals surface area contributed by atoms with Gasteiger partial charge in [-0.1, -0.05) is 0 Å². The molecular formula is C7H11FN2. The molecule has 0 aliphatic heterocycles. The van der Waals surface area contributed by atoms with Crippen LogP contribution >= 0.6 is 0 Å². The second-order valence-electron chi connectivity index (χ2n) is 3.27. The number of hydrogen-bond donors (Lipinski definition) is 0. The summed E-state index contributed by atoms with van der Waals surface area (Å²) in [5.41, 5.74) is -0.0721. The topological polar surface area (TPSA) is 17.8 Å². The second-order valence-corrected chi connectivity index (χ2v) is 3.27. The largest absolute Gasteiger partial charge is 0.329 e. The minimum atomic E-state index is -0.421. The van der Waals surface area contributed by atoms with E-state index >= 15 is 0 Å². The Bertz CT molecular complexity index is 222. The molecule has 0 saturated heterocycles. The molecule has 0 bridgehead atoms. The maximum Gasteiger partial charge on any atom is 0.230 e. The lowest BCUT2D eigenvalue weighted by Crippen LogP contribution is -2.19. The highest BCUT2D eigenvalue weighted by Crippen LogP contribution is 2.12. The first-order valence-corrected chi connectivity index (χ1v) is 3.20. The van der Waals surface area contributed by atoms with Gasteiger partial charge >= 0.3 is 0 Å². The third-order valence-corrected chi connectivity index (χ3v) is 1.33. The molecule has 1 aromatic heterocycles. The van der Waals surface area contributed by atoms with Crippen molar-refractivity contribution in [2.24, 2.45) is 0 Å². The fourth-order valence-electron chi connectivity index (χ4n) is 0.666. The molecule has 0 atom stereocenters. The molecule has 1 rings (SSSR count). The predicted molar refractivity (Wildman–Crippen MR) is 37.2 cm³/mol. The zero-order valence-electron chi connectivity index (χ0n) is 6.43. The van der Waals surface area contributed by atoms with Gasteiger partial charge in [0, 0.05) is 5.54 Å². The number of aromatic nitrogens is 2. The number of nitrogens with zero attached hydrogens (tertiary/aromatic N) is 2. The molecule has 0 fully saturated rings. The molecule has 0 N–H and O–H groups in total. The average molecular weight is 142 g/mol. The SMILES string of the molecule is CC(C)(C)n1cnc(F)c1. The third kappa shape index (κ3) is 1.35. The summed E-state index contributed by atoms with van der Waals surface area (Å²) in [5.74, 6) is -0.421. The second kappa shape index (κ2) is 2.08. The maximum absolute atomic E-state index is 12.3. The third-order valence-electron chi connectivity index (χ3n) is 1.33. The summed E-state index contributed by atoms with van der Waals surface area (Å²) in [7, 11) is 0. The van der Waals surface area contributed by atoms with Crippen LogP contribution in [-0.2, 0) is 5.54 Å². The van der Waals surface area contributed by atoms with Crippen molar-refractivity contribution < 1.29 is 4.39 Å². The number of imidazole rings is 1. The molecule has 1 heterocycles. The van der Waals surface area contributed by atoms with Crippen LogP contribution in [0.5, 0.6) is 0 Å². The van der Waals surface area contributed by atoms with Gasteiger partial charge in [-0.25, -0.2) is 4.98 Å². The van der Waals surface area contributed by atoms with Crippen molar-refractivity contribution in [3.05, 3.63) is 18.5 Å². The van der Waals surface area contributed by atoms with Crippen molar-refractivity contribution in [1.29, 1.82) is 0 Å². The summed E-state index contributed by atoms with van der Waals surface area (Å²) >= 11 is 0. The Hall–Kier alpha value is -0.860. The summed E-state index contributed by atoms with van der Waals surface area (Å²) in [6.45, 7) is 5.98. The maximum atomic E-state index is 12.3. The lowest BCUT2D eigenvalue weighted by atomic mass is 10.1. The quantitative estimate of drug-likeness (QED) is 0.540. The Morgan fingerprint density at radius 2 is 2.10 bits per heavy atom. The van der Waals surface area contributed by atoms with E-state index in [2.05, 4.69) is 4.98 Å². The number of rotatable bonds is 0. The van der Waals surface area contributed by atoms with Crippen LogP contribution in [0.25, 0.3) is 0 Å².